The number of nitrogens with one attached hydrogen (secondary N) is 3. The molecule has 2 aliphatic rings. The number of aliphatic hydroxyl groups excluding tert-OH is 1. The van der Waals surface area contributed by atoms with Gasteiger partial charge in [0.1, 0.15) is 5.82 Å². The van der Waals surface area contributed by atoms with Gasteiger partial charge in [-0.05, 0) is 46.4 Å². The minimum Gasteiger partial charge on any atom is -0.389 e. The van der Waals surface area contributed by atoms with Gasteiger partial charge in [-0.25, -0.2) is 14.2 Å². The Balaban J connectivity index is 1.47. The average Bonchev–Trinajstić information content (AvgIpc) is 3.10. The summed E-state index contributed by atoms with van der Waals surface area (Å²) in [7, 11) is -3.94. The normalized spacial score (nSPS) is 26.3. The second-order valence-electron chi connectivity index (χ2n) is 6.86. The van der Waals surface area contributed by atoms with Gasteiger partial charge in [0.25, 0.3) is 10.2 Å². The van der Waals surface area contributed by atoms with Crippen LogP contribution in [0.5, 0.6) is 0 Å². The van der Waals surface area contributed by atoms with Crippen LogP contribution in [0.15, 0.2) is 27.8 Å². The van der Waals surface area contributed by atoms with E-state index in [2.05, 4.69) is 25.3 Å². The van der Waals surface area contributed by atoms with Gasteiger partial charge in [0.2, 0.25) is 5.82 Å². The number of halogens is 1. The Morgan fingerprint density at radius 2 is 2.14 bits per heavy atom. The number of rotatable bonds is 6. The minimum absolute atomic E-state index is 0.0485. The fraction of sp³-hybridized carbons (Fsp3) is 0.400. The van der Waals surface area contributed by atoms with E-state index in [1.165, 1.54) is 12.1 Å². The molecule has 4 unspecified atom stereocenters. The van der Waals surface area contributed by atoms with E-state index in [0.717, 1.165) is 5.56 Å². The number of fused-ring (bicyclic) bond motifs is 1. The van der Waals surface area contributed by atoms with E-state index in [1.54, 1.807) is 6.07 Å². The first-order valence-electron chi connectivity index (χ1n) is 8.59. The minimum atomic E-state index is -3.94. The van der Waals surface area contributed by atoms with Crippen molar-refractivity contribution in [2.24, 2.45) is 10.1 Å². The van der Waals surface area contributed by atoms with Crippen LogP contribution in [0.3, 0.4) is 0 Å². The summed E-state index contributed by atoms with van der Waals surface area (Å²) in [6, 6.07) is 2.76. The van der Waals surface area contributed by atoms with Gasteiger partial charge >= 0.3 is 0 Å². The summed E-state index contributed by atoms with van der Waals surface area (Å²) in [6.45, 7) is 0. The molecular weight excluding hydrogens is 409 g/mol. The Morgan fingerprint density at radius 3 is 2.83 bits per heavy atom. The van der Waals surface area contributed by atoms with E-state index in [9.17, 15) is 23.1 Å². The lowest BCUT2D eigenvalue weighted by atomic mass is 9.83. The Labute approximate surface area is 164 Å². The fourth-order valence-electron chi connectivity index (χ4n) is 3.39. The maximum Gasteiger partial charge on any atom is 0.274 e. The van der Waals surface area contributed by atoms with Crippen LogP contribution in [0, 0.1) is 5.82 Å². The van der Waals surface area contributed by atoms with Crippen LogP contribution in [-0.4, -0.2) is 53.1 Å². The van der Waals surface area contributed by atoms with E-state index >= 15 is 0 Å². The molecular formula is C15H18FN7O5S. The van der Waals surface area contributed by atoms with Gasteiger partial charge in [-0.1, -0.05) is 6.07 Å². The highest BCUT2D eigenvalue weighted by atomic mass is 32.2. The van der Waals surface area contributed by atoms with Crippen molar-refractivity contribution in [1.29, 1.82) is 0 Å². The van der Waals surface area contributed by atoms with Gasteiger partial charge in [-0.2, -0.15) is 13.1 Å². The van der Waals surface area contributed by atoms with Crippen LogP contribution in [0.4, 0.5) is 10.2 Å². The van der Waals surface area contributed by atoms with Crippen molar-refractivity contribution < 1.29 is 27.8 Å². The van der Waals surface area contributed by atoms with Crippen molar-refractivity contribution in [1.82, 2.24) is 20.5 Å². The smallest absolute Gasteiger partial charge is 0.274 e. The van der Waals surface area contributed by atoms with Crippen molar-refractivity contribution in [2.75, 3.05) is 5.32 Å². The standard InChI is InChI=1S/C15H18FN7O5S/c16-7-2-1-6-3-9(8(6)4-7)18-14(20-25)12-15(22-28-21-12)19-10-5-11(13(10)24)23-29(17,26)27/h1-2,4,9-11,13,23-25H,3,5H2,(H,18,20)(H,19,22)(H2,17,26,27). The number of hydrogen-bond donors (Lipinski definition) is 6. The van der Waals surface area contributed by atoms with Crippen LogP contribution < -0.4 is 20.7 Å². The summed E-state index contributed by atoms with van der Waals surface area (Å²) < 4.78 is 42.4. The van der Waals surface area contributed by atoms with E-state index in [-0.39, 0.29) is 35.6 Å². The summed E-state index contributed by atoms with van der Waals surface area (Å²) >= 11 is 0. The summed E-state index contributed by atoms with van der Waals surface area (Å²) in [5.41, 5.74) is 3.64. The van der Waals surface area contributed by atoms with Gasteiger partial charge in [-0.3, -0.25) is 15.7 Å². The summed E-state index contributed by atoms with van der Waals surface area (Å²) in [4.78, 5) is 4.34. The number of aromatic nitrogens is 2. The quantitative estimate of drug-likeness (QED) is 0.190. The molecule has 1 heterocycles. The Morgan fingerprint density at radius 1 is 1.34 bits per heavy atom. The summed E-state index contributed by atoms with van der Waals surface area (Å²) in [5.74, 6) is -0.349. The van der Waals surface area contributed by atoms with E-state index in [4.69, 9.17) is 9.77 Å². The van der Waals surface area contributed by atoms with Crippen molar-refractivity contribution >= 4 is 21.9 Å². The molecule has 0 saturated heterocycles. The first-order valence-corrected chi connectivity index (χ1v) is 10.1. The van der Waals surface area contributed by atoms with Gasteiger partial charge in [0, 0.05) is 0 Å². The third kappa shape index (κ3) is 3.92. The molecule has 2 aliphatic carbocycles. The molecule has 7 N–H and O–H groups in total. The van der Waals surface area contributed by atoms with Crippen molar-refractivity contribution in [2.45, 2.75) is 37.1 Å². The highest BCUT2D eigenvalue weighted by molar-refractivity contribution is 7.87. The molecule has 14 heteroatoms. The SMILES string of the molecule is NS(=O)(=O)NC1CC(Nc2nonc2C(=NC2Cc3ccc(F)cc32)NO)C1O. The van der Waals surface area contributed by atoms with Crippen molar-refractivity contribution in [3.05, 3.63) is 40.8 Å². The number of hydrogen-bond acceptors (Lipinski definition) is 9. The Kier molecular flexibility index (Phi) is 4.95. The molecule has 0 bridgehead atoms. The zero-order valence-corrected chi connectivity index (χ0v) is 15.6. The van der Waals surface area contributed by atoms with Crippen LogP contribution >= 0.6 is 0 Å². The highest BCUT2D eigenvalue weighted by Gasteiger charge is 2.42. The molecule has 0 spiro atoms. The number of anilines is 1. The van der Waals surface area contributed by atoms with Gasteiger partial charge < -0.3 is 10.4 Å². The molecule has 0 amide bonds. The lowest BCUT2D eigenvalue weighted by Gasteiger charge is -2.41. The Hall–Kier alpha value is -2.65. The third-order valence-corrected chi connectivity index (χ3v) is 5.59. The number of amidine groups is 1. The number of nitrogens with zero attached hydrogens (tertiary/aromatic N) is 3. The number of aliphatic imine (C=N–C) groups is 1. The molecule has 2 aromatic rings. The predicted molar refractivity (Wildman–Crippen MR) is 96.7 cm³/mol. The van der Waals surface area contributed by atoms with Crippen LogP contribution in [-0.2, 0) is 16.6 Å². The van der Waals surface area contributed by atoms with Crippen LogP contribution in [0.1, 0.15) is 29.3 Å². The third-order valence-electron chi connectivity index (χ3n) is 4.95. The molecule has 1 aromatic carbocycles. The fourth-order valence-corrected chi connectivity index (χ4v) is 4.05. The molecule has 29 heavy (non-hydrogen) atoms. The highest BCUT2D eigenvalue weighted by Crippen LogP contribution is 2.37. The zero-order chi connectivity index (χ0) is 20.8. The zero-order valence-electron chi connectivity index (χ0n) is 14.8. The maximum atomic E-state index is 13.4. The van der Waals surface area contributed by atoms with E-state index < -0.39 is 28.4 Å². The molecule has 0 aliphatic heterocycles. The molecule has 1 aromatic heterocycles. The van der Waals surface area contributed by atoms with E-state index in [0.29, 0.717) is 12.0 Å². The largest absolute Gasteiger partial charge is 0.389 e. The first-order chi connectivity index (χ1) is 13.7. The predicted octanol–water partition coefficient (Wildman–Crippen LogP) is -1.06. The average molecular weight is 427 g/mol. The summed E-state index contributed by atoms with van der Waals surface area (Å²) in [5, 5.41) is 34.7. The number of aliphatic hydroxyl groups is 1. The molecule has 0 radical (unpaired) electrons. The number of nitrogens with two attached hydrogens (primary N) is 1. The van der Waals surface area contributed by atoms with Gasteiger partial charge in [0.15, 0.2) is 11.5 Å². The molecule has 1 fully saturated rings. The molecule has 1 saturated carbocycles. The topological polar surface area (TPSA) is 188 Å². The van der Waals surface area contributed by atoms with E-state index in [1.807, 2.05) is 5.48 Å². The second-order valence-corrected chi connectivity index (χ2v) is 8.19. The van der Waals surface area contributed by atoms with Crippen LogP contribution in [0.25, 0.3) is 0 Å². The first kappa shape index (κ1) is 19.7. The number of benzene rings is 1. The monoisotopic (exact) mass is 427 g/mol. The van der Waals surface area contributed by atoms with Gasteiger partial charge in [0.05, 0.1) is 24.2 Å². The summed E-state index contributed by atoms with van der Waals surface area (Å²) in [6.07, 6.45) is -0.267. The van der Waals surface area contributed by atoms with Crippen LogP contribution in [0.2, 0.25) is 0 Å². The lowest BCUT2D eigenvalue weighted by Crippen LogP contribution is -2.62. The maximum absolute atomic E-state index is 13.4. The Bertz CT molecular complexity index is 1060. The molecule has 12 nitrogen and oxygen atoms in total. The molecule has 4 rings (SSSR count). The van der Waals surface area contributed by atoms with Crippen molar-refractivity contribution in [3.63, 3.8) is 0 Å². The second kappa shape index (κ2) is 7.31. The number of hydroxylamine groups is 1. The molecule has 4 atom stereocenters. The lowest BCUT2D eigenvalue weighted by molar-refractivity contribution is 0.0456. The van der Waals surface area contributed by atoms with Gasteiger partial charge in [-0.15, -0.1) is 0 Å². The van der Waals surface area contributed by atoms with Crippen molar-refractivity contribution in [3.8, 4) is 0 Å². The molecule has 156 valence electrons.